The third-order valence-electron chi connectivity index (χ3n) is 3.15. The minimum absolute atomic E-state index is 0.0108. The maximum Gasteiger partial charge on any atom is 0.153 e. The molecular weight excluding hydrogens is 264 g/mol. The van der Waals surface area contributed by atoms with Crippen molar-refractivity contribution in [2.45, 2.75) is 6.92 Å². The highest BCUT2D eigenvalue weighted by Crippen LogP contribution is 2.26. The average molecular weight is 282 g/mol. The van der Waals surface area contributed by atoms with E-state index < -0.39 is 0 Å². The van der Waals surface area contributed by atoms with E-state index in [4.69, 9.17) is 9.47 Å². The van der Waals surface area contributed by atoms with Gasteiger partial charge in [-0.1, -0.05) is 24.3 Å². The van der Waals surface area contributed by atoms with Gasteiger partial charge in [0.05, 0.1) is 14.2 Å². The van der Waals surface area contributed by atoms with Crippen LogP contribution in [0.1, 0.15) is 18.1 Å². The smallest absolute Gasteiger partial charge is 0.153 e. The van der Waals surface area contributed by atoms with Gasteiger partial charge in [0.1, 0.15) is 11.5 Å². The zero-order chi connectivity index (χ0) is 15.2. The van der Waals surface area contributed by atoms with Crippen LogP contribution in [-0.4, -0.2) is 20.0 Å². The number of methoxy groups -OCH3 is 2. The molecule has 0 atom stereocenters. The van der Waals surface area contributed by atoms with E-state index in [9.17, 15) is 4.79 Å². The second kappa shape index (κ2) is 6.75. The summed E-state index contributed by atoms with van der Waals surface area (Å²) >= 11 is 0. The molecule has 0 amide bonds. The first-order valence-corrected chi connectivity index (χ1v) is 6.65. The van der Waals surface area contributed by atoms with Gasteiger partial charge in [0.15, 0.2) is 5.78 Å². The third-order valence-corrected chi connectivity index (χ3v) is 3.15. The van der Waals surface area contributed by atoms with Crippen molar-refractivity contribution in [1.82, 2.24) is 0 Å². The SMILES string of the molecule is COc1ccc(C(=CC(C)=O)c2ccc(OC)cc2)cc1. The summed E-state index contributed by atoms with van der Waals surface area (Å²) in [7, 11) is 3.26. The number of ether oxygens (including phenoxy) is 2. The van der Waals surface area contributed by atoms with Crippen molar-refractivity contribution < 1.29 is 14.3 Å². The van der Waals surface area contributed by atoms with Gasteiger partial charge < -0.3 is 9.47 Å². The maximum absolute atomic E-state index is 11.5. The topological polar surface area (TPSA) is 35.5 Å². The van der Waals surface area contributed by atoms with Gasteiger partial charge in [-0.3, -0.25) is 4.79 Å². The van der Waals surface area contributed by atoms with Crippen molar-refractivity contribution in [2.24, 2.45) is 0 Å². The molecule has 2 rings (SSSR count). The number of rotatable bonds is 5. The second-order valence-electron chi connectivity index (χ2n) is 4.63. The highest BCUT2D eigenvalue weighted by molar-refractivity contribution is 5.99. The van der Waals surface area contributed by atoms with E-state index >= 15 is 0 Å². The number of benzene rings is 2. The molecule has 21 heavy (non-hydrogen) atoms. The first kappa shape index (κ1) is 14.9. The zero-order valence-electron chi connectivity index (χ0n) is 12.4. The molecule has 108 valence electrons. The van der Waals surface area contributed by atoms with E-state index in [0.717, 1.165) is 28.2 Å². The monoisotopic (exact) mass is 282 g/mol. The van der Waals surface area contributed by atoms with E-state index in [0.29, 0.717) is 0 Å². The van der Waals surface area contributed by atoms with Crippen molar-refractivity contribution in [2.75, 3.05) is 14.2 Å². The fraction of sp³-hybridized carbons (Fsp3) is 0.167. The Morgan fingerprint density at radius 3 is 1.48 bits per heavy atom. The van der Waals surface area contributed by atoms with Crippen LogP contribution in [0.2, 0.25) is 0 Å². The molecule has 0 unspecified atom stereocenters. The molecule has 0 aromatic heterocycles. The van der Waals surface area contributed by atoms with E-state index in [-0.39, 0.29) is 5.78 Å². The fourth-order valence-corrected chi connectivity index (χ4v) is 2.08. The Morgan fingerprint density at radius 2 is 1.19 bits per heavy atom. The summed E-state index contributed by atoms with van der Waals surface area (Å²) in [4.78, 5) is 11.5. The molecule has 0 radical (unpaired) electrons. The number of hydrogen-bond donors (Lipinski definition) is 0. The minimum Gasteiger partial charge on any atom is -0.497 e. The Morgan fingerprint density at radius 1 is 0.810 bits per heavy atom. The second-order valence-corrected chi connectivity index (χ2v) is 4.63. The van der Waals surface area contributed by atoms with Crippen LogP contribution in [0.25, 0.3) is 5.57 Å². The maximum atomic E-state index is 11.5. The summed E-state index contributed by atoms with van der Waals surface area (Å²) in [5.74, 6) is 1.59. The summed E-state index contributed by atoms with van der Waals surface area (Å²) in [6.07, 6.45) is 1.64. The standard InChI is InChI=1S/C18H18O3/c1-13(19)12-18(14-4-8-16(20-2)9-5-14)15-6-10-17(21-3)11-7-15/h4-12H,1-3H3. The van der Waals surface area contributed by atoms with Crippen molar-refractivity contribution in [3.05, 3.63) is 65.7 Å². The highest BCUT2D eigenvalue weighted by atomic mass is 16.5. The van der Waals surface area contributed by atoms with E-state index in [2.05, 4.69) is 0 Å². The number of hydrogen-bond acceptors (Lipinski definition) is 3. The summed E-state index contributed by atoms with van der Waals surface area (Å²) in [6, 6.07) is 15.3. The Balaban J connectivity index is 2.44. The predicted octanol–water partition coefficient (Wildman–Crippen LogP) is 3.72. The molecule has 0 aliphatic carbocycles. The summed E-state index contributed by atoms with van der Waals surface area (Å²) in [6.45, 7) is 1.55. The lowest BCUT2D eigenvalue weighted by Gasteiger charge is -2.10. The molecule has 0 heterocycles. The van der Waals surface area contributed by atoms with Gasteiger partial charge in [0.25, 0.3) is 0 Å². The van der Waals surface area contributed by atoms with Crippen LogP contribution in [0, 0.1) is 0 Å². The summed E-state index contributed by atoms with van der Waals surface area (Å²) in [5.41, 5.74) is 2.82. The van der Waals surface area contributed by atoms with Gasteiger partial charge in [0, 0.05) is 0 Å². The van der Waals surface area contributed by atoms with Gasteiger partial charge in [-0.2, -0.15) is 0 Å². The van der Waals surface area contributed by atoms with Crippen molar-refractivity contribution >= 4 is 11.4 Å². The Bertz CT molecular complexity index is 588. The largest absolute Gasteiger partial charge is 0.497 e. The Kier molecular flexibility index (Phi) is 4.77. The van der Waals surface area contributed by atoms with E-state index in [1.807, 2.05) is 48.5 Å². The van der Waals surface area contributed by atoms with Crippen LogP contribution in [0.3, 0.4) is 0 Å². The number of allylic oxidation sites excluding steroid dienone is 1. The zero-order valence-corrected chi connectivity index (χ0v) is 12.4. The Labute approximate surface area is 124 Å². The molecule has 2 aromatic rings. The fourth-order valence-electron chi connectivity index (χ4n) is 2.08. The molecule has 0 aliphatic rings. The molecule has 0 aliphatic heterocycles. The van der Waals surface area contributed by atoms with Crippen LogP contribution in [0.4, 0.5) is 0 Å². The molecule has 0 spiro atoms. The van der Waals surface area contributed by atoms with Crippen LogP contribution in [-0.2, 0) is 4.79 Å². The molecule has 0 saturated heterocycles. The molecule has 0 fully saturated rings. The lowest BCUT2D eigenvalue weighted by atomic mass is 9.96. The summed E-state index contributed by atoms with van der Waals surface area (Å²) in [5, 5.41) is 0. The third kappa shape index (κ3) is 3.72. The Hall–Kier alpha value is -2.55. The number of ketones is 1. The molecule has 3 heteroatoms. The molecule has 0 saturated carbocycles. The van der Waals surface area contributed by atoms with Gasteiger partial charge in [-0.15, -0.1) is 0 Å². The average Bonchev–Trinajstić information content (AvgIpc) is 2.53. The van der Waals surface area contributed by atoms with Crippen LogP contribution < -0.4 is 9.47 Å². The van der Waals surface area contributed by atoms with Crippen LogP contribution >= 0.6 is 0 Å². The molecule has 0 bridgehead atoms. The van der Waals surface area contributed by atoms with Gasteiger partial charge >= 0.3 is 0 Å². The van der Waals surface area contributed by atoms with Gasteiger partial charge in [-0.25, -0.2) is 0 Å². The molecule has 3 nitrogen and oxygen atoms in total. The summed E-state index contributed by atoms with van der Waals surface area (Å²) < 4.78 is 10.3. The van der Waals surface area contributed by atoms with Crippen molar-refractivity contribution in [1.29, 1.82) is 0 Å². The lowest BCUT2D eigenvalue weighted by Crippen LogP contribution is -1.93. The van der Waals surface area contributed by atoms with E-state index in [1.165, 1.54) is 0 Å². The quantitative estimate of drug-likeness (QED) is 0.784. The van der Waals surface area contributed by atoms with E-state index in [1.54, 1.807) is 27.2 Å². The van der Waals surface area contributed by atoms with Crippen LogP contribution in [0.5, 0.6) is 11.5 Å². The number of carbonyl (C=O) groups excluding carboxylic acids is 1. The lowest BCUT2D eigenvalue weighted by molar-refractivity contribution is -0.112. The predicted molar refractivity (Wildman–Crippen MR) is 83.7 cm³/mol. The molecule has 2 aromatic carbocycles. The van der Waals surface area contributed by atoms with Crippen molar-refractivity contribution in [3.8, 4) is 11.5 Å². The highest BCUT2D eigenvalue weighted by Gasteiger charge is 2.07. The minimum atomic E-state index is 0.0108. The molecular formula is C18H18O3. The van der Waals surface area contributed by atoms with Gasteiger partial charge in [-0.05, 0) is 54.0 Å². The van der Waals surface area contributed by atoms with Crippen molar-refractivity contribution in [3.63, 3.8) is 0 Å². The molecule has 0 N–H and O–H groups in total. The van der Waals surface area contributed by atoms with Crippen LogP contribution in [0.15, 0.2) is 54.6 Å². The first-order valence-electron chi connectivity index (χ1n) is 6.65. The number of carbonyl (C=O) groups is 1. The van der Waals surface area contributed by atoms with Gasteiger partial charge in [0.2, 0.25) is 0 Å². The normalized spacial score (nSPS) is 9.86. The first-order chi connectivity index (χ1) is 10.1.